The molecule has 1 atom stereocenters. The summed E-state index contributed by atoms with van der Waals surface area (Å²) in [5, 5.41) is 3.70. The number of alkyl halides is 3. The predicted molar refractivity (Wildman–Crippen MR) is 141 cm³/mol. The number of nitrogens with zero attached hydrogens (tertiary/aromatic N) is 1. The van der Waals surface area contributed by atoms with Crippen molar-refractivity contribution in [1.29, 1.82) is 0 Å². The van der Waals surface area contributed by atoms with E-state index in [1.807, 2.05) is 0 Å². The highest BCUT2D eigenvalue weighted by molar-refractivity contribution is 7.93. The second-order valence-corrected chi connectivity index (χ2v) is 13.5. The van der Waals surface area contributed by atoms with Crippen LogP contribution in [0.5, 0.6) is 0 Å². The molecule has 3 rings (SSSR count). The van der Waals surface area contributed by atoms with Gasteiger partial charge in [-0.3, -0.25) is 4.79 Å². The van der Waals surface area contributed by atoms with Crippen LogP contribution in [-0.2, 0) is 35.6 Å². The fourth-order valence-corrected chi connectivity index (χ4v) is 6.61. The summed E-state index contributed by atoms with van der Waals surface area (Å²) in [4.78, 5) is 12.7. The standard InChI is InChI=1S/C25H28ClF3N2O6S2/c1-17(10-15-38(3,33)34)30-23(32)24(37-2)11-13-31(14-12-24)39(35,36)22-9-8-18(25(27,28)29)16-20(22)19-6-4-5-7-21(19)26/h4-10,15-17H,11-14H2,1-3H3,(H,30,32)/b15-10-/t17-/m1/s1. The number of methoxy groups -OCH3 is 1. The Morgan fingerprint density at radius 1 is 1.10 bits per heavy atom. The zero-order valence-electron chi connectivity index (χ0n) is 21.3. The monoisotopic (exact) mass is 608 g/mol. The molecule has 2 aromatic rings. The summed E-state index contributed by atoms with van der Waals surface area (Å²) < 4.78 is 97.1. The lowest BCUT2D eigenvalue weighted by Crippen LogP contribution is -2.56. The number of piperidine rings is 1. The minimum absolute atomic E-state index is 0.0425. The Kier molecular flexibility index (Phi) is 9.22. The number of rotatable bonds is 8. The van der Waals surface area contributed by atoms with Crippen molar-refractivity contribution in [3.05, 3.63) is 64.5 Å². The van der Waals surface area contributed by atoms with E-state index in [1.165, 1.54) is 31.4 Å². The van der Waals surface area contributed by atoms with Gasteiger partial charge in [-0.05, 0) is 44.0 Å². The number of amides is 1. The molecule has 0 aromatic heterocycles. The maximum atomic E-state index is 13.7. The van der Waals surface area contributed by atoms with Gasteiger partial charge in [0.15, 0.2) is 9.84 Å². The lowest BCUT2D eigenvalue weighted by atomic mass is 9.91. The smallest absolute Gasteiger partial charge is 0.368 e. The van der Waals surface area contributed by atoms with Crippen LogP contribution in [0.25, 0.3) is 11.1 Å². The number of sulfone groups is 1. The molecule has 0 radical (unpaired) electrons. The molecule has 2 aromatic carbocycles. The summed E-state index contributed by atoms with van der Waals surface area (Å²) in [5.74, 6) is -0.543. The highest BCUT2D eigenvalue weighted by Crippen LogP contribution is 2.40. The Hall–Kier alpha value is -2.45. The van der Waals surface area contributed by atoms with Crippen LogP contribution in [0.1, 0.15) is 25.3 Å². The number of benzene rings is 2. The van der Waals surface area contributed by atoms with E-state index in [0.717, 1.165) is 28.1 Å². The van der Waals surface area contributed by atoms with Crippen LogP contribution in [0.4, 0.5) is 13.2 Å². The number of carbonyl (C=O) groups excluding carboxylic acids is 1. The van der Waals surface area contributed by atoms with Crippen molar-refractivity contribution < 1.29 is 39.5 Å². The number of hydrogen-bond donors (Lipinski definition) is 1. The van der Waals surface area contributed by atoms with Gasteiger partial charge < -0.3 is 10.1 Å². The van der Waals surface area contributed by atoms with Crippen LogP contribution < -0.4 is 5.32 Å². The Bertz CT molecular complexity index is 1470. The number of sulfonamides is 1. The minimum Gasteiger partial charge on any atom is -0.368 e. The zero-order chi connectivity index (χ0) is 29.2. The Balaban J connectivity index is 1.90. The largest absolute Gasteiger partial charge is 0.416 e. The van der Waals surface area contributed by atoms with E-state index in [2.05, 4.69) is 5.32 Å². The molecule has 0 spiro atoms. The van der Waals surface area contributed by atoms with Gasteiger partial charge in [-0.2, -0.15) is 17.5 Å². The Morgan fingerprint density at radius 3 is 2.26 bits per heavy atom. The quantitative estimate of drug-likeness (QED) is 0.480. The molecular weight excluding hydrogens is 581 g/mol. The summed E-state index contributed by atoms with van der Waals surface area (Å²) in [6.07, 6.45) is -2.48. The van der Waals surface area contributed by atoms with Crippen molar-refractivity contribution in [2.45, 2.75) is 42.5 Å². The van der Waals surface area contributed by atoms with Gasteiger partial charge in [-0.15, -0.1) is 0 Å². The maximum Gasteiger partial charge on any atom is 0.416 e. The number of ether oxygens (including phenoxy) is 1. The predicted octanol–water partition coefficient (Wildman–Crippen LogP) is 4.26. The van der Waals surface area contributed by atoms with Crippen molar-refractivity contribution in [3.63, 3.8) is 0 Å². The summed E-state index contributed by atoms with van der Waals surface area (Å²) in [7, 11) is -6.39. The van der Waals surface area contributed by atoms with Crippen LogP contribution in [0.2, 0.25) is 5.02 Å². The number of halogens is 4. The molecule has 1 heterocycles. The summed E-state index contributed by atoms with van der Waals surface area (Å²) >= 11 is 6.22. The van der Waals surface area contributed by atoms with Gasteiger partial charge in [0.05, 0.1) is 10.5 Å². The number of nitrogens with one attached hydrogen (secondary N) is 1. The van der Waals surface area contributed by atoms with Crippen LogP contribution in [-0.4, -0.2) is 65.1 Å². The molecule has 0 unspecified atom stereocenters. The highest BCUT2D eigenvalue weighted by atomic mass is 35.5. The second-order valence-electron chi connectivity index (χ2n) is 9.21. The fourth-order valence-electron chi connectivity index (χ4n) is 4.22. The molecule has 214 valence electrons. The summed E-state index contributed by atoms with van der Waals surface area (Å²) in [6.45, 7) is 1.27. The van der Waals surface area contributed by atoms with E-state index in [-0.39, 0.29) is 47.0 Å². The van der Waals surface area contributed by atoms with E-state index in [0.29, 0.717) is 6.07 Å². The van der Waals surface area contributed by atoms with E-state index in [9.17, 15) is 34.8 Å². The first kappa shape index (κ1) is 31.1. The van der Waals surface area contributed by atoms with E-state index in [1.54, 1.807) is 13.0 Å². The van der Waals surface area contributed by atoms with Crippen molar-refractivity contribution in [2.24, 2.45) is 0 Å². The SMILES string of the molecule is COC1(C(=O)N[C@H](C)/C=C\S(C)(=O)=O)CCN(S(=O)(=O)c2ccc(C(F)(F)F)cc2-c2ccccc2Cl)CC1. The van der Waals surface area contributed by atoms with E-state index in [4.69, 9.17) is 16.3 Å². The van der Waals surface area contributed by atoms with Crippen LogP contribution in [0.15, 0.2) is 58.8 Å². The highest BCUT2D eigenvalue weighted by Gasteiger charge is 2.45. The lowest BCUT2D eigenvalue weighted by molar-refractivity contribution is -0.148. The van der Waals surface area contributed by atoms with E-state index >= 15 is 0 Å². The minimum atomic E-state index is -4.71. The maximum absolute atomic E-state index is 13.7. The second kappa shape index (κ2) is 11.6. The molecule has 8 nitrogen and oxygen atoms in total. The first-order valence-electron chi connectivity index (χ1n) is 11.7. The average molecular weight is 609 g/mol. The molecule has 1 aliphatic rings. The third kappa shape index (κ3) is 7.20. The van der Waals surface area contributed by atoms with Gasteiger partial charge in [-0.1, -0.05) is 35.9 Å². The van der Waals surface area contributed by atoms with Crippen LogP contribution in [0, 0.1) is 0 Å². The van der Waals surface area contributed by atoms with Crippen molar-refractivity contribution in [2.75, 3.05) is 26.5 Å². The Labute approximate surface area is 230 Å². The molecule has 39 heavy (non-hydrogen) atoms. The molecule has 1 N–H and O–H groups in total. The molecular formula is C25H28ClF3N2O6S2. The molecule has 1 fully saturated rings. The molecule has 0 saturated carbocycles. The first-order chi connectivity index (χ1) is 18.0. The van der Waals surface area contributed by atoms with Gasteiger partial charge in [0.25, 0.3) is 5.91 Å². The zero-order valence-corrected chi connectivity index (χ0v) is 23.7. The van der Waals surface area contributed by atoms with Gasteiger partial charge >= 0.3 is 6.18 Å². The molecule has 0 aliphatic carbocycles. The van der Waals surface area contributed by atoms with Crippen molar-refractivity contribution in [3.8, 4) is 11.1 Å². The van der Waals surface area contributed by atoms with Crippen LogP contribution in [0.3, 0.4) is 0 Å². The summed E-state index contributed by atoms with van der Waals surface area (Å²) in [5.41, 5.74) is -2.47. The Morgan fingerprint density at radius 2 is 1.72 bits per heavy atom. The van der Waals surface area contributed by atoms with E-state index < -0.39 is 49.2 Å². The molecule has 1 aliphatic heterocycles. The average Bonchev–Trinajstić information content (AvgIpc) is 2.86. The number of carbonyl (C=O) groups is 1. The van der Waals surface area contributed by atoms with Crippen molar-refractivity contribution in [1.82, 2.24) is 9.62 Å². The third-order valence-corrected chi connectivity index (χ3v) is 9.33. The topological polar surface area (TPSA) is 110 Å². The lowest BCUT2D eigenvalue weighted by Gasteiger charge is -2.39. The molecule has 1 saturated heterocycles. The first-order valence-corrected chi connectivity index (χ1v) is 15.5. The van der Waals surface area contributed by atoms with Gasteiger partial charge in [0.2, 0.25) is 10.0 Å². The molecule has 14 heteroatoms. The normalized spacial score (nSPS) is 17.7. The summed E-state index contributed by atoms with van der Waals surface area (Å²) in [6, 6.07) is 7.73. The van der Waals surface area contributed by atoms with Crippen LogP contribution >= 0.6 is 11.6 Å². The van der Waals surface area contributed by atoms with Crippen molar-refractivity contribution >= 4 is 37.4 Å². The number of hydrogen-bond acceptors (Lipinski definition) is 6. The van der Waals surface area contributed by atoms with Gasteiger partial charge in [0, 0.05) is 54.1 Å². The van der Waals surface area contributed by atoms with Gasteiger partial charge in [-0.25, -0.2) is 16.8 Å². The third-order valence-electron chi connectivity index (χ3n) is 6.40. The van der Waals surface area contributed by atoms with Gasteiger partial charge in [0.1, 0.15) is 5.60 Å². The molecule has 1 amide bonds. The fraction of sp³-hybridized carbons (Fsp3) is 0.400. The molecule has 0 bridgehead atoms.